The first kappa shape index (κ1) is 38.1. The quantitative estimate of drug-likeness (QED) is 0.0624. The fraction of sp³-hybridized carbons (Fsp3) is 0.302. The van der Waals surface area contributed by atoms with Gasteiger partial charge < -0.3 is 38.3 Å². The molecule has 8 rings (SSSR count). The first-order valence-electron chi connectivity index (χ1n) is 19.6. The van der Waals surface area contributed by atoms with Crippen LogP contribution >= 0.6 is 7.60 Å². The first-order valence-corrected chi connectivity index (χ1v) is 21.6. The van der Waals surface area contributed by atoms with E-state index in [4.69, 9.17) is 18.5 Å². The van der Waals surface area contributed by atoms with Crippen molar-refractivity contribution in [1.29, 1.82) is 0 Å². The number of likely N-dealkylation sites (N-methyl/N-ethyl adjacent to an activating group) is 2. The summed E-state index contributed by atoms with van der Waals surface area (Å²) in [5.74, 6) is 2.44. The van der Waals surface area contributed by atoms with Gasteiger partial charge in [0.2, 0.25) is 0 Å². The third-order valence-corrected chi connectivity index (χ3v) is 11.5. The highest BCUT2D eigenvalue weighted by Crippen LogP contribution is 2.46. The number of H-pyrrole nitrogens is 4. The number of hydrogen-bond donors (Lipinski definition) is 4. The van der Waals surface area contributed by atoms with E-state index in [2.05, 4.69) is 80.0 Å². The zero-order valence-corrected chi connectivity index (χ0v) is 33.9. The molecule has 4 aromatic heterocycles. The van der Waals surface area contributed by atoms with Crippen LogP contribution in [0.5, 0.6) is 23.0 Å². The second-order valence-corrected chi connectivity index (χ2v) is 16.0. The van der Waals surface area contributed by atoms with E-state index >= 15 is 0 Å². The van der Waals surface area contributed by atoms with E-state index in [0.29, 0.717) is 24.7 Å². The summed E-state index contributed by atoms with van der Waals surface area (Å²) >= 11 is 0. The fourth-order valence-electron chi connectivity index (χ4n) is 7.23. The summed E-state index contributed by atoms with van der Waals surface area (Å²) in [5.41, 5.74) is 6.69. The van der Waals surface area contributed by atoms with Gasteiger partial charge in [0.15, 0.2) is 0 Å². The molecule has 0 atom stereocenters. The summed E-state index contributed by atoms with van der Waals surface area (Å²) in [7, 11) is -3.64. The van der Waals surface area contributed by atoms with Crippen LogP contribution in [-0.2, 0) is 4.57 Å². The van der Waals surface area contributed by atoms with Gasteiger partial charge in [-0.05, 0) is 111 Å². The predicted octanol–water partition coefficient (Wildman–Crippen LogP) is 9.46. The number of nitrogens with one attached hydrogen (secondary N) is 4. The molecule has 4 N–H and O–H groups in total. The Morgan fingerprint density at radius 3 is 1.37 bits per heavy atom. The van der Waals surface area contributed by atoms with Crippen LogP contribution in [0.25, 0.3) is 66.4 Å². The molecule has 4 heterocycles. The number of nitrogens with zero attached hydrogens (tertiary/aromatic N) is 4. The van der Waals surface area contributed by atoms with Crippen molar-refractivity contribution in [2.45, 2.75) is 27.7 Å². The lowest BCUT2D eigenvalue weighted by Gasteiger charge is -2.17. The van der Waals surface area contributed by atoms with Crippen LogP contribution < -0.4 is 18.5 Å². The van der Waals surface area contributed by atoms with Gasteiger partial charge in [0, 0.05) is 45.7 Å². The lowest BCUT2D eigenvalue weighted by Crippen LogP contribution is -2.27. The van der Waals surface area contributed by atoms with Crippen molar-refractivity contribution in [3.63, 3.8) is 0 Å². The zero-order chi connectivity index (χ0) is 39.5. The van der Waals surface area contributed by atoms with E-state index < -0.39 is 7.60 Å². The monoisotopic (exact) mass is 788 g/mol. The van der Waals surface area contributed by atoms with E-state index in [0.717, 1.165) is 117 Å². The maximum absolute atomic E-state index is 13.9. The fourth-order valence-corrected chi connectivity index (χ4v) is 8.26. The Bertz CT molecular complexity index is 2510. The van der Waals surface area contributed by atoms with Crippen molar-refractivity contribution >= 4 is 51.2 Å². The second-order valence-electron chi connectivity index (χ2n) is 14.1. The highest BCUT2D eigenvalue weighted by atomic mass is 31.2. The normalized spacial score (nSPS) is 12.2. The molecule has 0 fully saturated rings. The minimum absolute atomic E-state index is 0.399. The van der Waals surface area contributed by atoms with E-state index in [1.165, 1.54) is 6.66 Å². The van der Waals surface area contributed by atoms with Gasteiger partial charge in [0.1, 0.15) is 47.6 Å². The average Bonchev–Trinajstić information content (AvgIpc) is 4.01. The molecule has 0 aliphatic rings. The minimum atomic E-state index is -3.64. The van der Waals surface area contributed by atoms with Crippen LogP contribution in [0.1, 0.15) is 27.7 Å². The van der Waals surface area contributed by atoms with E-state index in [1.807, 2.05) is 60.7 Å². The number of hydrogen-bond acceptors (Lipinski definition) is 9. The zero-order valence-electron chi connectivity index (χ0n) is 33.0. The van der Waals surface area contributed by atoms with E-state index in [9.17, 15) is 4.57 Å². The lowest BCUT2D eigenvalue weighted by molar-refractivity contribution is 0.223. The number of rotatable bonds is 18. The number of benzene rings is 4. The van der Waals surface area contributed by atoms with Gasteiger partial charge >= 0.3 is 7.60 Å². The standard InChI is InChI=1S/C43H49N8O5P/c1-6-50(7-2)18-20-53-30-10-14-36-28(22-30)24-40(44-36)42-34-26-32(12-16-38(34)46-48-42)55-57(5,52)56-33-13-17-39-35(27-33)43(49-47-39)41-25-29-23-31(11-15-37(29)45-41)54-21-19-51(8-3)9-4/h10-17,22-27,44-45H,6-9,18-21H2,1-5H3,(H,46,48)(H,47,49). The molecule has 14 heteroatoms. The maximum Gasteiger partial charge on any atom is 0.427 e. The van der Waals surface area contributed by atoms with Gasteiger partial charge in [-0.2, -0.15) is 10.2 Å². The number of ether oxygens (including phenoxy) is 2. The van der Waals surface area contributed by atoms with Crippen molar-refractivity contribution in [3.8, 4) is 45.8 Å². The van der Waals surface area contributed by atoms with Gasteiger partial charge in [-0.25, -0.2) is 4.57 Å². The highest BCUT2D eigenvalue weighted by Gasteiger charge is 2.23. The van der Waals surface area contributed by atoms with Crippen molar-refractivity contribution in [2.75, 3.05) is 59.1 Å². The summed E-state index contributed by atoms with van der Waals surface area (Å²) in [6.45, 7) is 17.1. The van der Waals surface area contributed by atoms with Gasteiger partial charge in [-0.1, -0.05) is 27.7 Å². The minimum Gasteiger partial charge on any atom is -0.492 e. The molecule has 13 nitrogen and oxygen atoms in total. The van der Waals surface area contributed by atoms with Crippen LogP contribution in [0.2, 0.25) is 0 Å². The molecule has 0 saturated carbocycles. The predicted molar refractivity (Wildman–Crippen MR) is 228 cm³/mol. The van der Waals surface area contributed by atoms with E-state index in [1.54, 1.807) is 12.1 Å². The average molecular weight is 789 g/mol. The third-order valence-electron chi connectivity index (χ3n) is 10.4. The number of aromatic amines is 4. The SMILES string of the molecule is CCN(CC)CCOc1ccc2[nH]c(-c3n[nH]c4ccc(OP(C)(=O)Oc5ccc6[nH]nc(-c7cc8cc(OCCN(CC)CC)ccc8[nH]7)c6c5)cc34)cc2c1. The molecule has 0 aliphatic carbocycles. The molecule has 0 unspecified atom stereocenters. The molecule has 0 spiro atoms. The molecule has 4 aromatic carbocycles. The molecule has 8 aromatic rings. The van der Waals surface area contributed by atoms with Crippen LogP contribution in [0, 0.1) is 0 Å². The van der Waals surface area contributed by atoms with Crippen molar-refractivity contribution in [2.24, 2.45) is 0 Å². The number of fused-ring (bicyclic) bond motifs is 4. The molecule has 0 saturated heterocycles. The van der Waals surface area contributed by atoms with Crippen molar-refractivity contribution < 1.29 is 23.1 Å². The third kappa shape index (κ3) is 8.37. The van der Waals surface area contributed by atoms with Crippen LogP contribution in [0.15, 0.2) is 84.9 Å². The summed E-state index contributed by atoms with van der Waals surface area (Å²) in [6.07, 6.45) is 0. The summed E-state index contributed by atoms with van der Waals surface area (Å²) in [4.78, 5) is 11.6. The van der Waals surface area contributed by atoms with Gasteiger partial charge in [-0.3, -0.25) is 10.2 Å². The molecule has 0 radical (unpaired) electrons. The van der Waals surface area contributed by atoms with E-state index in [-0.39, 0.29) is 0 Å². The largest absolute Gasteiger partial charge is 0.492 e. The molecule has 0 bridgehead atoms. The summed E-state index contributed by atoms with van der Waals surface area (Å²) in [6, 6.07) is 27.1. The topological polar surface area (TPSA) is 149 Å². The molecule has 0 aliphatic heterocycles. The Morgan fingerprint density at radius 1 is 0.544 bits per heavy atom. The Labute approximate surface area is 331 Å². The summed E-state index contributed by atoms with van der Waals surface area (Å²) in [5, 5.41) is 19.1. The Kier molecular flexibility index (Phi) is 11.0. The van der Waals surface area contributed by atoms with Crippen molar-refractivity contribution in [3.05, 3.63) is 84.9 Å². The maximum atomic E-state index is 13.9. The Morgan fingerprint density at radius 2 is 0.947 bits per heavy atom. The van der Waals surface area contributed by atoms with Crippen LogP contribution in [0.4, 0.5) is 0 Å². The van der Waals surface area contributed by atoms with Gasteiger partial charge in [0.25, 0.3) is 0 Å². The van der Waals surface area contributed by atoms with Crippen LogP contribution in [0.3, 0.4) is 0 Å². The first-order chi connectivity index (χ1) is 27.7. The summed E-state index contributed by atoms with van der Waals surface area (Å²) < 4.78 is 38.1. The Balaban J connectivity index is 0.968. The molecule has 0 amide bonds. The Hall–Kier alpha value is -5.75. The molecular weight excluding hydrogens is 739 g/mol. The van der Waals surface area contributed by atoms with Crippen LogP contribution in [-0.4, -0.2) is 99.3 Å². The second kappa shape index (κ2) is 16.4. The number of aromatic nitrogens is 6. The smallest absolute Gasteiger partial charge is 0.427 e. The molecule has 57 heavy (non-hydrogen) atoms. The molecular formula is C43H49N8O5P. The molecule has 296 valence electrons. The highest BCUT2D eigenvalue weighted by molar-refractivity contribution is 7.53. The van der Waals surface area contributed by atoms with Gasteiger partial charge in [0.05, 0.1) is 29.1 Å². The lowest BCUT2D eigenvalue weighted by atomic mass is 10.1. The van der Waals surface area contributed by atoms with Crippen molar-refractivity contribution in [1.82, 2.24) is 40.2 Å². The van der Waals surface area contributed by atoms with Gasteiger partial charge in [-0.15, -0.1) is 0 Å².